The second-order valence-corrected chi connectivity index (χ2v) is 1.87. The molecule has 0 aliphatic rings. The molecule has 13 heavy (non-hydrogen) atoms. The van der Waals surface area contributed by atoms with Crippen molar-refractivity contribution in [1.82, 2.24) is 0 Å². The molecule has 0 aliphatic heterocycles. The van der Waals surface area contributed by atoms with Crippen LogP contribution in [-0.2, 0) is 14.3 Å². The van der Waals surface area contributed by atoms with Crippen molar-refractivity contribution in [3.63, 3.8) is 0 Å². The van der Waals surface area contributed by atoms with Crippen molar-refractivity contribution in [1.29, 1.82) is 0 Å². The van der Waals surface area contributed by atoms with Crippen LogP contribution in [0.1, 0.15) is 13.3 Å². The van der Waals surface area contributed by atoms with Crippen molar-refractivity contribution < 1.29 is 19.4 Å². The molecule has 0 aromatic heterocycles. The van der Waals surface area contributed by atoms with E-state index in [0.717, 1.165) is 6.08 Å². The van der Waals surface area contributed by atoms with Crippen molar-refractivity contribution in [2.45, 2.75) is 13.3 Å². The molecule has 4 nitrogen and oxygen atoms in total. The summed E-state index contributed by atoms with van der Waals surface area (Å²) >= 11 is 0. The fraction of sp³-hybridized carbons (Fsp3) is 0.333. The largest absolute Gasteiger partial charge is 0.481 e. The third-order valence-electron chi connectivity index (χ3n) is 0.813. The molecule has 4 heteroatoms. The van der Waals surface area contributed by atoms with E-state index in [0.29, 0.717) is 0 Å². The van der Waals surface area contributed by atoms with Crippen molar-refractivity contribution >= 4 is 11.9 Å². The molecular weight excluding hydrogens is 172 g/mol. The van der Waals surface area contributed by atoms with Crippen LogP contribution < -0.4 is 0 Å². The summed E-state index contributed by atoms with van der Waals surface area (Å²) in [7, 11) is 0. The van der Waals surface area contributed by atoms with Gasteiger partial charge in [-0.2, -0.15) is 0 Å². The Bertz CT molecular complexity index is 184. The first-order valence-corrected chi connectivity index (χ1v) is 3.70. The molecule has 0 aliphatic carbocycles. The van der Waals surface area contributed by atoms with Crippen LogP contribution in [0.2, 0.25) is 0 Å². The highest BCUT2D eigenvalue weighted by Crippen LogP contribution is 1.77. The van der Waals surface area contributed by atoms with Gasteiger partial charge in [0.25, 0.3) is 0 Å². The number of rotatable bonds is 4. The number of carbonyl (C=O) groups excluding carboxylic acids is 1. The first kappa shape index (κ1) is 14.0. The number of aliphatic carboxylic acids is 1. The number of hydrogen-bond donors (Lipinski definition) is 1. The van der Waals surface area contributed by atoms with E-state index in [2.05, 4.69) is 17.9 Å². The van der Waals surface area contributed by atoms with Gasteiger partial charge in [0.2, 0.25) is 0 Å². The topological polar surface area (TPSA) is 63.6 Å². The lowest BCUT2D eigenvalue weighted by atomic mass is 10.5. The summed E-state index contributed by atoms with van der Waals surface area (Å²) in [6.45, 7) is 8.41. The van der Waals surface area contributed by atoms with Crippen LogP contribution in [0.25, 0.3) is 0 Å². The van der Waals surface area contributed by atoms with Crippen molar-refractivity contribution in [2.75, 3.05) is 6.61 Å². The molecular formula is C9H14O4. The monoisotopic (exact) mass is 186 g/mol. The SMILES string of the molecule is C=CCOC(=O)C=C.CCC(=O)O. The molecule has 1 N–H and O–H groups in total. The molecule has 0 aromatic carbocycles. The molecule has 0 saturated carbocycles. The number of carbonyl (C=O) groups is 2. The van der Waals surface area contributed by atoms with Crippen LogP contribution in [-0.4, -0.2) is 23.7 Å². The van der Waals surface area contributed by atoms with Crippen LogP contribution >= 0.6 is 0 Å². The van der Waals surface area contributed by atoms with Gasteiger partial charge in [-0.15, -0.1) is 0 Å². The Morgan fingerprint density at radius 3 is 2.15 bits per heavy atom. The number of carboxylic acid groups (broad SMARTS) is 1. The Kier molecular flexibility index (Phi) is 11.2. The summed E-state index contributed by atoms with van der Waals surface area (Å²) in [5, 5.41) is 7.72. The number of ether oxygens (including phenoxy) is 1. The fourth-order valence-corrected chi connectivity index (χ4v) is 0.200. The van der Waals surface area contributed by atoms with Gasteiger partial charge >= 0.3 is 11.9 Å². The predicted molar refractivity (Wildman–Crippen MR) is 49.3 cm³/mol. The Balaban J connectivity index is 0. The van der Waals surface area contributed by atoms with Gasteiger partial charge in [-0.1, -0.05) is 26.2 Å². The standard InChI is InChI=1S/C6H8O2.C3H6O2/c1-3-5-8-6(7)4-2;1-2-3(4)5/h3-4H,1-2,5H2;2H2,1H3,(H,4,5). The maximum Gasteiger partial charge on any atom is 0.330 e. The van der Waals surface area contributed by atoms with Crippen LogP contribution in [0, 0.1) is 0 Å². The minimum absolute atomic E-state index is 0.222. The summed E-state index contributed by atoms with van der Waals surface area (Å²) in [5.41, 5.74) is 0. The summed E-state index contributed by atoms with van der Waals surface area (Å²) < 4.78 is 4.47. The van der Waals surface area contributed by atoms with Gasteiger partial charge in [-0.05, 0) is 0 Å². The van der Waals surface area contributed by atoms with Gasteiger partial charge < -0.3 is 9.84 Å². The Morgan fingerprint density at radius 2 is 1.92 bits per heavy atom. The average Bonchev–Trinajstić information content (AvgIpc) is 2.15. The molecule has 74 valence electrons. The fourth-order valence-electron chi connectivity index (χ4n) is 0.200. The van der Waals surface area contributed by atoms with Gasteiger partial charge in [0.15, 0.2) is 0 Å². The van der Waals surface area contributed by atoms with E-state index >= 15 is 0 Å². The van der Waals surface area contributed by atoms with Crippen LogP contribution in [0.3, 0.4) is 0 Å². The highest BCUT2D eigenvalue weighted by molar-refractivity contribution is 5.81. The lowest BCUT2D eigenvalue weighted by Gasteiger charge is -1.92. The molecule has 0 fully saturated rings. The molecule has 0 rings (SSSR count). The Labute approximate surface area is 77.5 Å². The van der Waals surface area contributed by atoms with Gasteiger partial charge in [0.05, 0.1) is 0 Å². The molecule has 0 amide bonds. The highest BCUT2D eigenvalue weighted by Gasteiger charge is 1.87. The minimum Gasteiger partial charge on any atom is -0.481 e. The molecule has 0 spiro atoms. The smallest absolute Gasteiger partial charge is 0.330 e. The zero-order valence-electron chi connectivity index (χ0n) is 7.66. The van der Waals surface area contributed by atoms with Gasteiger partial charge in [0, 0.05) is 12.5 Å². The van der Waals surface area contributed by atoms with E-state index in [4.69, 9.17) is 5.11 Å². The number of esters is 1. The van der Waals surface area contributed by atoms with Crippen LogP contribution in [0.5, 0.6) is 0 Å². The third kappa shape index (κ3) is 17.9. The van der Waals surface area contributed by atoms with Crippen molar-refractivity contribution in [2.24, 2.45) is 0 Å². The molecule has 0 radical (unpaired) electrons. The van der Waals surface area contributed by atoms with Gasteiger partial charge in [-0.25, -0.2) is 4.79 Å². The van der Waals surface area contributed by atoms with Gasteiger partial charge in [0.1, 0.15) is 6.61 Å². The third-order valence-corrected chi connectivity index (χ3v) is 0.813. The normalized spacial score (nSPS) is 7.46. The lowest BCUT2D eigenvalue weighted by Crippen LogP contribution is -1.98. The zero-order chi connectivity index (χ0) is 10.7. The molecule has 0 saturated heterocycles. The van der Waals surface area contributed by atoms with Crippen molar-refractivity contribution in [3.8, 4) is 0 Å². The predicted octanol–water partition coefficient (Wildman–Crippen LogP) is 1.38. The second kappa shape index (κ2) is 10.4. The number of carboxylic acids is 1. The lowest BCUT2D eigenvalue weighted by molar-refractivity contribution is -0.137. The molecule has 0 aromatic rings. The highest BCUT2D eigenvalue weighted by atomic mass is 16.5. The van der Waals surface area contributed by atoms with E-state index in [1.807, 2.05) is 0 Å². The van der Waals surface area contributed by atoms with Crippen LogP contribution in [0.4, 0.5) is 0 Å². The summed E-state index contributed by atoms with van der Waals surface area (Å²) in [5.74, 6) is -1.16. The van der Waals surface area contributed by atoms with E-state index < -0.39 is 11.9 Å². The second-order valence-electron chi connectivity index (χ2n) is 1.87. The van der Waals surface area contributed by atoms with E-state index in [-0.39, 0.29) is 13.0 Å². The van der Waals surface area contributed by atoms with E-state index in [1.165, 1.54) is 6.08 Å². The zero-order valence-corrected chi connectivity index (χ0v) is 7.66. The maximum atomic E-state index is 10.2. The molecule has 0 unspecified atom stereocenters. The Morgan fingerprint density at radius 1 is 1.46 bits per heavy atom. The van der Waals surface area contributed by atoms with E-state index in [1.54, 1.807) is 6.92 Å². The summed E-state index contributed by atoms with van der Waals surface area (Å²) in [4.78, 5) is 19.6. The van der Waals surface area contributed by atoms with E-state index in [9.17, 15) is 9.59 Å². The van der Waals surface area contributed by atoms with Gasteiger partial charge in [-0.3, -0.25) is 4.79 Å². The first-order chi connectivity index (χ1) is 6.08. The minimum atomic E-state index is -0.745. The first-order valence-electron chi connectivity index (χ1n) is 3.70. The maximum absolute atomic E-state index is 10.2. The van der Waals surface area contributed by atoms with Crippen molar-refractivity contribution in [3.05, 3.63) is 25.3 Å². The quantitative estimate of drug-likeness (QED) is 0.409. The summed E-state index contributed by atoms with van der Waals surface area (Å²) in [6.07, 6.45) is 2.84. The Hall–Kier alpha value is -1.58. The number of hydrogen-bond acceptors (Lipinski definition) is 3. The average molecular weight is 186 g/mol. The molecule has 0 heterocycles. The van der Waals surface area contributed by atoms with Crippen LogP contribution in [0.15, 0.2) is 25.3 Å². The molecule has 0 atom stereocenters. The summed E-state index contributed by atoms with van der Waals surface area (Å²) in [6, 6.07) is 0. The molecule has 0 bridgehead atoms.